The minimum Gasteiger partial charge on any atom is -0.344 e. The van der Waals surface area contributed by atoms with Gasteiger partial charge in [0.1, 0.15) is 0 Å². The third-order valence-electron chi connectivity index (χ3n) is 6.45. The Morgan fingerprint density at radius 1 is 0.500 bits per heavy atom. The third-order valence-corrected chi connectivity index (χ3v) is 6.45. The number of nitrogens with zero attached hydrogens (tertiary/aromatic N) is 1. The summed E-state index contributed by atoms with van der Waals surface area (Å²) >= 11 is 0. The van der Waals surface area contributed by atoms with Crippen LogP contribution in [0.15, 0.2) is 72.8 Å². The molecule has 0 radical (unpaired) electrons. The first kappa shape index (κ1) is 20.3. The van der Waals surface area contributed by atoms with E-state index in [1.807, 2.05) is 38.1 Å². The monoisotopic (exact) mass is 417 g/mol. The summed E-state index contributed by atoms with van der Waals surface area (Å²) in [6, 6.07) is 25.5. The molecular formula is C30H27NO. The van der Waals surface area contributed by atoms with Gasteiger partial charge < -0.3 is 4.57 Å². The fourth-order valence-electron chi connectivity index (χ4n) is 4.73. The predicted molar refractivity (Wildman–Crippen MR) is 135 cm³/mol. The second-order valence-corrected chi connectivity index (χ2v) is 9.03. The molecular weight excluding hydrogens is 390 g/mol. The van der Waals surface area contributed by atoms with Crippen LogP contribution >= 0.6 is 0 Å². The molecule has 32 heavy (non-hydrogen) atoms. The lowest BCUT2D eigenvalue weighted by atomic mass is 10.0. The number of fused-ring (bicyclic) bond motifs is 6. The average molecular weight is 418 g/mol. The number of hydrogen-bond acceptors (Lipinski definition) is 1. The highest BCUT2D eigenvalue weighted by Gasteiger charge is 2.26. The summed E-state index contributed by atoms with van der Waals surface area (Å²) in [6.07, 6.45) is 0. The molecule has 0 saturated carbocycles. The van der Waals surface area contributed by atoms with Gasteiger partial charge in [0.05, 0.1) is 0 Å². The minimum absolute atomic E-state index is 0.164. The van der Waals surface area contributed by atoms with Gasteiger partial charge in [-0.3, -0.25) is 4.79 Å². The van der Waals surface area contributed by atoms with E-state index in [2.05, 4.69) is 74.0 Å². The fraction of sp³-hybridized carbons (Fsp3) is 0.167. The van der Waals surface area contributed by atoms with E-state index in [9.17, 15) is 4.79 Å². The minimum atomic E-state index is 0.164. The first-order valence-electron chi connectivity index (χ1n) is 11.1. The molecule has 0 amide bonds. The number of rotatable bonds is 0. The van der Waals surface area contributed by atoms with Crippen molar-refractivity contribution >= 4 is 27.6 Å². The number of carbonyl (C=O) groups excluding carboxylic acids is 1. The van der Waals surface area contributed by atoms with Gasteiger partial charge in [-0.2, -0.15) is 0 Å². The summed E-state index contributed by atoms with van der Waals surface area (Å²) in [6.45, 7) is 8.31. The summed E-state index contributed by atoms with van der Waals surface area (Å²) < 4.78 is 2.28. The number of aromatic nitrogens is 1. The number of aryl methyl sites for hydroxylation is 5. The predicted octanol–water partition coefficient (Wildman–Crippen LogP) is 7.46. The zero-order valence-corrected chi connectivity index (χ0v) is 19.3. The summed E-state index contributed by atoms with van der Waals surface area (Å²) in [7, 11) is 2.14. The second kappa shape index (κ2) is 7.49. The number of carbonyl (C=O) groups is 1. The zero-order chi connectivity index (χ0) is 22.6. The van der Waals surface area contributed by atoms with Crippen molar-refractivity contribution in [3.63, 3.8) is 0 Å². The van der Waals surface area contributed by atoms with Crippen LogP contribution in [0, 0.1) is 27.7 Å². The molecule has 2 heteroatoms. The van der Waals surface area contributed by atoms with E-state index in [0.29, 0.717) is 0 Å². The molecule has 0 unspecified atom stereocenters. The lowest BCUT2D eigenvalue weighted by molar-refractivity contribution is 0.104. The van der Waals surface area contributed by atoms with Gasteiger partial charge in [0.25, 0.3) is 0 Å². The summed E-state index contributed by atoms with van der Waals surface area (Å²) in [5.41, 5.74) is 11.4. The third kappa shape index (κ3) is 3.23. The van der Waals surface area contributed by atoms with Crippen molar-refractivity contribution in [1.82, 2.24) is 4.57 Å². The molecule has 6 rings (SSSR count). The number of benzene rings is 4. The molecule has 1 aliphatic carbocycles. The van der Waals surface area contributed by atoms with E-state index in [0.717, 1.165) is 33.4 Å². The number of ketones is 1. The van der Waals surface area contributed by atoms with E-state index in [4.69, 9.17) is 0 Å². The van der Waals surface area contributed by atoms with Gasteiger partial charge in [0.15, 0.2) is 5.78 Å². The van der Waals surface area contributed by atoms with Crippen molar-refractivity contribution in [3.8, 4) is 11.1 Å². The quantitative estimate of drug-likeness (QED) is 0.251. The van der Waals surface area contributed by atoms with Crippen molar-refractivity contribution in [3.05, 3.63) is 106 Å². The molecule has 0 bridgehead atoms. The van der Waals surface area contributed by atoms with Crippen LogP contribution < -0.4 is 0 Å². The number of hydrogen-bond donors (Lipinski definition) is 0. The first-order chi connectivity index (χ1) is 15.3. The lowest BCUT2D eigenvalue weighted by Crippen LogP contribution is -1.95. The standard InChI is InChI=1S/C15H15N.C15H12O/c1-10-4-6-12-13-7-5-11(2)9-15(13)16(3)14(12)8-10;1-9-3-5-11-12-6-4-10(2)8-14(12)15(16)13(11)7-9/h4-9H,1-3H3;3-8H,1-2H3. The molecule has 0 aliphatic heterocycles. The van der Waals surface area contributed by atoms with E-state index in [1.165, 1.54) is 32.9 Å². The Kier molecular flexibility index (Phi) is 4.74. The zero-order valence-electron chi connectivity index (χ0n) is 19.3. The molecule has 2 nitrogen and oxygen atoms in total. The van der Waals surface area contributed by atoms with Gasteiger partial charge in [-0.1, -0.05) is 59.7 Å². The van der Waals surface area contributed by atoms with E-state index in [1.54, 1.807) is 0 Å². The normalized spacial score (nSPS) is 12.0. The average Bonchev–Trinajstić information content (AvgIpc) is 3.19. The second-order valence-electron chi connectivity index (χ2n) is 9.03. The van der Waals surface area contributed by atoms with Crippen LogP contribution in [0.25, 0.3) is 32.9 Å². The van der Waals surface area contributed by atoms with Gasteiger partial charge in [-0.05, 0) is 74.2 Å². The SMILES string of the molecule is Cc1ccc2c(c1)C(=O)c1cc(C)ccc1-2.Cc1ccc2c3ccc(C)cc3n(C)c2c1. The Hall–Kier alpha value is -3.65. The van der Waals surface area contributed by atoms with Crippen molar-refractivity contribution in [2.75, 3.05) is 0 Å². The maximum atomic E-state index is 12.2. The Bertz CT molecular complexity index is 1420. The molecule has 158 valence electrons. The molecule has 4 aromatic carbocycles. The summed E-state index contributed by atoms with van der Waals surface area (Å²) in [5, 5.41) is 2.70. The van der Waals surface area contributed by atoms with Crippen molar-refractivity contribution in [2.45, 2.75) is 27.7 Å². The van der Waals surface area contributed by atoms with Crippen LogP contribution in [-0.4, -0.2) is 10.4 Å². The van der Waals surface area contributed by atoms with Gasteiger partial charge >= 0.3 is 0 Å². The summed E-state index contributed by atoms with van der Waals surface area (Å²) in [4.78, 5) is 12.2. The fourth-order valence-corrected chi connectivity index (χ4v) is 4.73. The Morgan fingerprint density at radius 2 is 0.875 bits per heavy atom. The topological polar surface area (TPSA) is 22.0 Å². The summed E-state index contributed by atoms with van der Waals surface area (Å²) in [5.74, 6) is 0.164. The van der Waals surface area contributed by atoms with Gasteiger partial charge in [0, 0.05) is 40.0 Å². The Morgan fingerprint density at radius 3 is 1.31 bits per heavy atom. The van der Waals surface area contributed by atoms with Crippen LogP contribution in [0.3, 0.4) is 0 Å². The van der Waals surface area contributed by atoms with Gasteiger partial charge in [0.2, 0.25) is 0 Å². The molecule has 5 aromatic rings. The van der Waals surface area contributed by atoms with E-state index < -0.39 is 0 Å². The highest BCUT2D eigenvalue weighted by atomic mass is 16.1. The Balaban J connectivity index is 0.000000135. The van der Waals surface area contributed by atoms with Crippen molar-refractivity contribution < 1.29 is 4.79 Å². The van der Waals surface area contributed by atoms with Crippen molar-refractivity contribution in [1.29, 1.82) is 0 Å². The molecule has 1 aliphatic rings. The molecule has 0 N–H and O–H groups in total. The molecule has 1 aromatic heterocycles. The molecule has 0 spiro atoms. The van der Waals surface area contributed by atoms with Crippen LogP contribution in [0.4, 0.5) is 0 Å². The molecule has 0 fully saturated rings. The van der Waals surface area contributed by atoms with E-state index in [-0.39, 0.29) is 5.78 Å². The maximum Gasteiger partial charge on any atom is 0.194 e. The van der Waals surface area contributed by atoms with Crippen LogP contribution in [0.1, 0.15) is 38.2 Å². The molecule has 0 atom stereocenters. The van der Waals surface area contributed by atoms with E-state index >= 15 is 0 Å². The van der Waals surface area contributed by atoms with Crippen LogP contribution in [0.5, 0.6) is 0 Å². The van der Waals surface area contributed by atoms with Crippen LogP contribution in [-0.2, 0) is 7.05 Å². The van der Waals surface area contributed by atoms with Gasteiger partial charge in [-0.15, -0.1) is 0 Å². The highest BCUT2D eigenvalue weighted by Crippen LogP contribution is 2.37. The van der Waals surface area contributed by atoms with Gasteiger partial charge in [-0.25, -0.2) is 0 Å². The highest BCUT2D eigenvalue weighted by molar-refractivity contribution is 6.21. The molecule has 0 saturated heterocycles. The smallest absolute Gasteiger partial charge is 0.194 e. The molecule has 1 heterocycles. The van der Waals surface area contributed by atoms with Crippen molar-refractivity contribution in [2.24, 2.45) is 7.05 Å². The maximum absolute atomic E-state index is 12.2. The Labute approximate surface area is 189 Å². The largest absolute Gasteiger partial charge is 0.344 e. The first-order valence-corrected chi connectivity index (χ1v) is 11.1. The lowest BCUT2D eigenvalue weighted by Gasteiger charge is -2.00. The van der Waals surface area contributed by atoms with Crippen LogP contribution in [0.2, 0.25) is 0 Å².